The Morgan fingerprint density at radius 1 is 1.32 bits per heavy atom. The van der Waals surface area contributed by atoms with Gasteiger partial charge in [-0.05, 0) is 44.8 Å². The molecule has 0 aromatic rings. The van der Waals surface area contributed by atoms with Crippen LogP contribution in [0, 0.1) is 5.92 Å². The standard InChI is InChI=1S/C14H29N3O2/c1-3-17(4-2)9-6-8-15-14(18)16-11-13-7-5-10-19-12-13/h13H,3-12H2,1-2H3,(H2,15,16,18)/t13-/m0/s1. The molecule has 1 fully saturated rings. The van der Waals surface area contributed by atoms with E-state index in [1.807, 2.05) is 0 Å². The smallest absolute Gasteiger partial charge is 0.314 e. The van der Waals surface area contributed by atoms with E-state index in [-0.39, 0.29) is 6.03 Å². The maximum atomic E-state index is 11.6. The summed E-state index contributed by atoms with van der Waals surface area (Å²) in [5.74, 6) is 0.482. The molecule has 0 bridgehead atoms. The first-order chi connectivity index (χ1) is 9.26. The molecule has 0 aromatic heterocycles. The average molecular weight is 271 g/mol. The second-order valence-corrected chi connectivity index (χ2v) is 5.10. The van der Waals surface area contributed by atoms with Crippen LogP contribution in [0.5, 0.6) is 0 Å². The van der Waals surface area contributed by atoms with Gasteiger partial charge in [0.15, 0.2) is 0 Å². The molecule has 1 aliphatic heterocycles. The van der Waals surface area contributed by atoms with Crippen LogP contribution >= 0.6 is 0 Å². The van der Waals surface area contributed by atoms with Crippen molar-refractivity contribution < 1.29 is 9.53 Å². The monoisotopic (exact) mass is 271 g/mol. The molecule has 0 spiro atoms. The number of ether oxygens (including phenoxy) is 1. The molecule has 5 heteroatoms. The largest absolute Gasteiger partial charge is 0.381 e. The van der Waals surface area contributed by atoms with Gasteiger partial charge < -0.3 is 20.3 Å². The van der Waals surface area contributed by atoms with Crippen LogP contribution in [0.25, 0.3) is 0 Å². The normalized spacial score (nSPS) is 19.4. The number of nitrogens with one attached hydrogen (secondary N) is 2. The number of nitrogens with zero attached hydrogens (tertiary/aromatic N) is 1. The zero-order valence-electron chi connectivity index (χ0n) is 12.4. The molecule has 0 saturated carbocycles. The summed E-state index contributed by atoms with van der Waals surface area (Å²) in [6.07, 6.45) is 3.27. The Labute approximate surface area is 117 Å². The van der Waals surface area contributed by atoms with Gasteiger partial charge in [-0.2, -0.15) is 0 Å². The van der Waals surface area contributed by atoms with E-state index in [1.54, 1.807) is 0 Å². The van der Waals surface area contributed by atoms with E-state index in [4.69, 9.17) is 4.74 Å². The van der Waals surface area contributed by atoms with Gasteiger partial charge in [-0.1, -0.05) is 13.8 Å². The van der Waals surface area contributed by atoms with Gasteiger partial charge in [0.2, 0.25) is 0 Å². The molecular weight excluding hydrogens is 242 g/mol. The van der Waals surface area contributed by atoms with Gasteiger partial charge in [-0.15, -0.1) is 0 Å². The lowest BCUT2D eigenvalue weighted by Crippen LogP contribution is -2.40. The van der Waals surface area contributed by atoms with Gasteiger partial charge in [0.1, 0.15) is 0 Å². The summed E-state index contributed by atoms with van der Waals surface area (Å²) in [7, 11) is 0. The van der Waals surface area contributed by atoms with Crippen LogP contribution in [0.3, 0.4) is 0 Å². The fraction of sp³-hybridized carbons (Fsp3) is 0.929. The number of carbonyl (C=O) groups excluding carboxylic acids is 1. The maximum absolute atomic E-state index is 11.6. The predicted octanol–water partition coefficient (Wildman–Crippen LogP) is 1.44. The van der Waals surface area contributed by atoms with Crippen molar-refractivity contribution in [1.82, 2.24) is 15.5 Å². The van der Waals surface area contributed by atoms with E-state index < -0.39 is 0 Å². The first-order valence-electron chi connectivity index (χ1n) is 7.58. The minimum atomic E-state index is -0.0508. The van der Waals surface area contributed by atoms with E-state index >= 15 is 0 Å². The molecule has 0 unspecified atom stereocenters. The van der Waals surface area contributed by atoms with Crippen molar-refractivity contribution in [1.29, 1.82) is 0 Å². The van der Waals surface area contributed by atoms with Crippen molar-refractivity contribution in [2.24, 2.45) is 5.92 Å². The molecule has 1 atom stereocenters. The lowest BCUT2D eigenvalue weighted by atomic mass is 10.0. The first kappa shape index (κ1) is 16.2. The van der Waals surface area contributed by atoms with E-state index in [0.717, 1.165) is 65.2 Å². The van der Waals surface area contributed by atoms with E-state index in [1.165, 1.54) is 0 Å². The lowest BCUT2D eigenvalue weighted by Gasteiger charge is -2.22. The molecule has 1 aliphatic rings. The van der Waals surface area contributed by atoms with Crippen LogP contribution in [0.15, 0.2) is 0 Å². The Hall–Kier alpha value is -0.810. The van der Waals surface area contributed by atoms with Crippen LogP contribution in [-0.2, 0) is 4.74 Å². The molecule has 0 radical (unpaired) electrons. The number of rotatable bonds is 8. The molecule has 1 rings (SSSR count). The third-order valence-corrected chi connectivity index (χ3v) is 3.64. The highest BCUT2D eigenvalue weighted by atomic mass is 16.5. The van der Waals surface area contributed by atoms with Crippen LogP contribution in [0.2, 0.25) is 0 Å². The topological polar surface area (TPSA) is 53.6 Å². The second-order valence-electron chi connectivity index (χ2n) is 5.10. The maximum Gasteiger partial charge on any atom is 0.314 e. The second kappa shape index (κ2) is 10.0. The molecule has 1 heterocycles. The number of hydrogen-bond acceptors (Lipinski definition) is 3. The first-order valence-corrected chi connectivity index (χ1v) is 7.58. The van der Waals surface area contributed by atoms with Crippen molar-refractivity contribution >= 4 is 6.03 Å². The fourth-order valence-corrected chi connectivity index (χ4v) is 2.31. The minimum Gasteiger partial charge on any atom is -0.381 e. The summed E-state index contributed by atoms with van der Waals surface area (Å²) in [6, 6.07) is -0.0508. The van der Waals surface area contributed by atoms with Gasteiger partial charge in [0.05, 0.1) is 6.61 Å². The Morgan fingerprint density at radius 3 is 2.74 bits per heavy atom. The molecule has 2 amide bonds. The molecule has 0 aliphatic carbocycles. The van der Waals surface area contributed by atoms with Crippen molar-refractivity contribution in [3.05, 3.63) is 0 Å². The fourth-order valence-electron chi connectivity index (χ4n) is 2.31. The zero-order chi connectivity index (χ0) is 13.9. The van der Waals surface area contributed by atoms with Crippen molar-refractivity contribution in [3.63, 3.8) is 0 Å². The molecular formula is C14H29N3O2. The summed E-state index contributed by atoms with van der Waals surface area (Å²) in [5, 5.41) is 5.83. The zero-order valence-corrected chi connectivity index (χ0v) is 12.4. The Bertz CT molecular complexity index is 239. The van der Waals surface area contributed by atoms with Crippen molar-refractivity contribution in [2.75, 3.05) is 45.9 Å². The van der Waals surface area contributed by atoms with Crippen molar-refractivity contribution in [2.45, 2.75) is 33.1 Å². The van der Waals surface area contributed by atoms with Gasteiger partial charge in [0.25, 0.3) is 0 Å². The van der Waals surface area contributed by atoms with Gasteiger partial charge in [-0.25, -0.2) is 4.79 Å². The molecule has 19 heavy (non-hydrogen) atoms. The molecule has 5 nitrogen and oxygen atoms in total. The molecule has 2 N–H and O–H groups in total. The average Bonchev–Trinajstić information content (AvgIpc) is 2.46. The van der Waals surface area contributed by atoms with Crippen LogP contribution in [0.4, 0.5) is 4.79 Å². The Kier molecular flexibility index (Phi) is 8.58. The highest BCUT2D eigenvalue weighted by Gasteiger charge is 2.14. The highest BCUT2D eigenvalue weighted by Crippen LogP contribution is 2.11. The minimum absolute atomic E-state index is 0.0508. The Morgan fingerprint density at radius 2 is 2.11 bits per heavy atom. The number of hydrogen-bond donors (Lipinski definition) is 2. The van der Waals surface area contributed by atoms with Gasteiger partial charge in [0, 0.05) is 19.7 Å². The Balaban J connectivity index is 1.98. The lowest BCUT2D eigenvalue weighted by molar-refractivity contribution is 0.0557. The number of urea groups is 1. The van der Waals surface area contributed by atoms with E-state index in [2.05, 4.69) is 29.4 Å². The van der Waals surface area contributed by atoms with E-state index in [9.17, 15) is 4.79 Å². The number of amides is 2. The van der Waals surface area contributed by atoms with Gasteiger partial charge >= 0.3 is 6.03 Å². The molecule has 0 aromatic carbocycles. The quantitative estimate of drug-likeness (QED) is 0.657. The van der Waals surface area contributed by atoms with Crippen LogP contribution < -0.4 is 10.6 Å². The SMILES string of the molecule is CCN(CC)CCCNC(=O)NC[C@@H]1CCCOC1. The molecule has 1 saturated heterocycles. The number of carbonyl (C=O) groups is 1. The summed E-state index contributed by atoms with van der Waals surface area (Å²) in [4.78, 5) is 14.0. The van der Waals surface area contributed by atoms with Crippen LogP contribution in [-0.4, -0.2) is 56.9 Å². The van der Waals surface area contributed by atoms with Crippen molar-refractivity contribution in [3.8, 4) is 0 Å². The highest BCUT2D eigenvalue weighted by molar-refractivity contribution is 5.73. The summed E-state index contributed by atoms with van der Waals surface area (Å²) < 4.78 is 5.39. The van der Waals surface area contributed by atoms with Crippen LogP contribution in [0.1, 0.15) is 33.1 Å². The van der Waals surface area contributed by atoms with Gasteiger partial charge in [-0.3, -0.25) is 0 Å². The summed E-state index contributed by atoms with van der Waals surface area (Å²) in [6.45, 7) is 10.6. The molecule has 112 valence electrons. The van der Waals surface area contributed by atoms with E-state index in [0.29, 0.717) is 5.92 Å². The summed E-state index contributed by atoms with van der Waals surface area (Å²) in [5.41, 5.74) is 0. The third-order valence-electron chi connectivity index (χ3n) is 3.64. The third kappa shape index (κ3) is 7.38. The predicted molar refractivity (Wildman–Crippen MR) is 77.3 cm³/mol. The summed E-state index contributed by atoms with van der Waals surface area (Å²) >= 11 is 0.